The largest absolute Gasteiger partial charge is 0.260 e. The van der Waals surface area contributed by atoms with Crippen molar-refractivity contribution >= 4 is 15.9 Å². The Morgan fingerprint density at radius 2 is 1.93 bits per heavy atom. The average Bonchev–Trinajstić information content (AvgIpc) is 2.29. The van der Waals surface area contributed by atoms with E-state index in [9.17, 15) is 4.39 Å². The van der Waals surface area contributed by atoms with E-state index in [2.05, 4.69) is 20.9 Å². The van der Waals surface area contributed by atoms with E-state index in [0.29, 0.717) is 5.33 Å². The van der Waals surface area contributed by atoms with Crippen molar-refractivity contribution in [3.8, 4) is 11.1 Å². The van der Waals surface area contributed by atoms with Gasteiger partial charge in [0.05, 0.1) is 5.69 Å². The fourth-order valence-corrected chi connectivity index (χ4v) is 1.71. The normalized spacial score (nSPS) is 10.3. The summed E-state index contributed by atoms with van der Waals surface area (Å²) >= 11 is 3.34. The average molecular weight is 266 g/mol. The lowest BCUT2D eigenvalue weighted by molar-refractivity contribution is 0.628. The van der Waals surface area contributed by atoms with Crippen LogP contribution < -0.4 is 0 Å². The molecule has 0 fully saturated rings. The monoisotopic (exact) mass is 265 g/mol. The molecule has 1 aromatic heterocycles. The highest BCUT2D eigenvalue weighted by Gasteiger charge is 2.00. The van der Waals surface area contributed by atoms with Crippen LogP contribution in [0.25, 0.3) is 11.1 Å². The third-order valence-corrected chi connectivity index (χ3v) is 2.69. The number of hydrogen-bond acceptors (Lipinski definition) is 1. The van der Waals surface area contributed by atoms with Gasteiger partial charge < -0.3 is 0 Å². The molecule has 0 aliphatic carbocycles. The second-order valence-electron chi connectivity index (χ2n) is 3.18. The number of pyridine rings is 1. The second-order valence-corrected chi connectivity index (χ2v) is 3.74. The smallest absolute Gasteiger partial charge is 0.123 e. The Labute approximate surface area is 96.1 Å². The fourth-order valence-electron chi connectivity index (χ4n) is 1.40. The fraction of sp³-hybridized carbons (Fsp3) is 0.0833. The van der Waals surface area contributed by atoms with Crippen LogP contribution >= 0.6 is 15.9 Å². The Balaban J connectivity index is 2.44. The van der Waals surface area contributed by atoms with Crippen LogP contribution in [0.4, 0.5) is 4.39 Å². The molecule has 1 heterocycles. The quantitative estimate of drug-likeness (QED) is 0.754. The van der Waals surface area contributed by atoms with E-state index in [1.165, 1.54) is 12.1 Å². The van der Waals surface area contributed by atoms with Crippen molar-refractivity contribution in [1.82, 2.24) is 4.98 Å². The first-order valence-electron chi connectivity index (χ1n) is 4.56. The minimum absolute atomic E-state index is 0.218. The van der Waals surface area contributed by atoms with Crippen molar-refractivity contribution in [2.75, 3.05) is 0 Å². The van der Waals surface area contributed by atoms with Crippen LogP contribution in [0, 0.1) is 5.82 Å². The summed E-state index contributed by atoms with van der Waals surface area (Å²) in [5, 5.41) is 0.705. The van der Waals surface area contributed by atoms with E-state index in [1.807, 2.05) is 18.2 Å². The van der Waals surface area contributed by atoms with Gasteiger partial charge in [0, 0.05) is 11.5 Å². The molecule has 1 aromatic carbocycles. The highest BCUT2D eigenvalue weighted by atomic mass is 79.9. The first-order chi connectivity index (χ1) is 7.29. The minimum atomic E-state index is -0.218. The summed E-state index contributed by atoms with van der Waals surface area (Å²) in [4.78, 5) is 4.17. The van der Waals surface area contributed by atoms with Crippen LogP contribution in [0.2, 0.25) is 0 Å². The molecule has 0 atom stereocenters. The lowest BCUT2D eigenvalue weighted by Gasteiger charge is -2.02. The molecule has 0 spiro atoms. The van der Waals surface area contributed by atoms with Gasteiger partial charge in [-0.15, -0.1) is 0 Å². The molecule has 0 amide bonds. The zero-order chi connectivity index (χ0) is 10.7. The van der Waals surface area contributed by atoms with Gasteiger partial charge in [-0.1, -0.05) is 28.1 Å². The third kappa shape index (κ3) is 2.42. The van der Waals surface area contributed by atoms with Gasteiger partial charge in [0.2, 0.25) is 0 Å². The Kier molecular flexibility index (Phi) is 3.11. The molecule has 0 unspecified atom stereocenters. The number of hydrogen-bond donors (Lipinski definition) is 0. The van der Waals surface area contributed by atoms with Gasteiger partial charge in [-0.05, 0) is 35.4 Å². The minimum Gasteiger partial charge on any atom is -0.260 e. The van der Waals surface area contributed by atoms with Crippen LogP contribution in [0.1, 0.15) is 5.69 Å². The molecule has 0 saturated heterocycles. The van der Waals surface area contributed by atoms with Gasteiger partial charge in [0.15, 0.2) is 0 Å². The Morgan fingerprint density at radius 1 is 1.13 bits per heavy atom. The van der Waals surface area contributed by atoms with Crippen molar-refractivity contribution in [1.29, 1.82) is 0 Å². The van der Waals surface area contributed by atoms with E-state index in [-0.39, 0.29) is 5.82 Å². The van der Waals surface area contributed by atoms with Crippen LogP contribution in [-0.4, -0.2) is 4.98 Å². The Hall–Kier alpha value is -1.22. The second kappa shape index (κ2) is 4.53. The lowest BCUT2D eigenvalue weighted by atomic mass is 10.1. The van der Waals surface area contributed by atoms with E-state index < -0.39 is 0 Å². The molecule has 76 valence electrons. The highest BCUT2D eigenvalue weighted by molar-refractivity contribution is 9.08. The number of rotatable bonds is 2. The maximum atomic E-state index is 13.0. The summed E-state index contributed by atoms with van der Waals surface area (Å²) in [6.45, 7) is 0. The summed E-state index contributed by atoms with van der Waals surface area (Å²) in [7, 11) is 0. The first-order valence-corrected chi connectivity index (χ1v) is 5.68. The number of halogens is 2. The SMILES string of the molecule is Fc1cccc(-c2ccnc(CBr)c2)c1. The van der Waals surface area contributed by atoms with Crippen LogP contribution in [-0.2, 0) is 5.33 Å². The number of benzene rings is 1. The van der Waals surface area contributed by atoms with Gasteiger partial charge in [0.25, 0.3) is 0 Å². The maximum absolute atomic E-state index is 13.0. The van der Waals surface area contributed by atoms with Gasteiger partial charge in [-0.25, -0.2) is 4.39 Å². The molecule has 1 nitrogen and oxygen atoms in total. The third-order valence-electron chi connectivity index (χ3n) is 2.11. The first kappa shape index (κ1) is 10.3. The summed E-state index contributed by atoms with van der Waals surface area (Å²) < 4.78 is 13.0. The van der Waals surface area contributed by atoms with Gasteiger partial charge in [-0.2, -0.15) is 0 Å². The van der Waals surface area contributed by atoms with Gasteiger partial charge in [-0.3, -0.25) is 4.98 Å². The molecular weight excluding hydrogens is 257 g/mol. The molecule has 2 aromatic rings. The molecule has 0 saturated carbocycles. The summed E-state index contributed by atoms with van der Waals surface area (Å²) in [5.74, 6) is -0.218. The number of nitrogens with zero attached hydrogens (tertiary/aromatic N) is 1. The molecule has 15 heavy (non-hydrogen) atoms. The Bertz CT molecular complexity index is 471. The van der Waals surface area contributed by atoms with E-state index in [0.717, 1.165) is 16.8 Å². The standard InChI is InChI=1S/C12H9BrFN/c13-8-12-7-10(4-5-15-12)9-2-1-3-11(14)6-9/h1-7H,8H2. The number of alkyl halides is 1. The predicted molar refractivity (Wildman–Crippen MR) is 62.3 cm³/mol. The zero-order valence-electron chi connectivity index (χ0n) is 7.95. The van der Waals surface area contributed by atoms with Crippen molar-refractivity contribution in [2.24, 2.45) is 0 Å². The molecular formula is C12H9BrFN. The maximum Gasteiger partial charge on any atom is 0.123 e. The molecule has 0 bridgehead atoms. The van der Waals surface area contributed by atoms with Crippen LogP contribution in [0.5, 0.6) is 0 Å². The van der Waals surface area contributed by atoms with Crippen molar-refractivity contribution in [3.63, 3.8) is 0 Å². The topological polar surface area (TPSA) is 12.9 Å². The van der Waals surface area contributed by atoms with Crippen molar-refractivity contribution < 1.29 is 4.39 Å². The van der Waals surface area contributed by atoms with Gasteiger partial charge >= 0.3 is 0 Å². The van der Waals surface area contributed by atoms with E-state index in [1.54, 1.807) is 12.3 Å². The summed E-state index contributed by atoms with van der Waals surface area (Å²) in [5.41, 5.74) is 2.80. The molecule has 0 N–H and O–H groups in total. The Morgan fingerprint density at radius 3 is 2.67 bits per heavy atom. The van der Waals surface area contributed by atoms with Gasteiger partial charge in [0.1, 0.15) is 5.82 Å². The van der Waals surface area contributed by atoms with E-state index in [4.69, 9.17) is 0 Å². The number of aromatic nitrogens is 1. The van der Waals surface area contributed by atoms with Crippen LogP contribution in [0.15, 0.2) is 42.6 Å². The molecule has 0 aliphatic heterocycles. The van der Waals surface area contributed by atoms with Crippen molar-refractivity contribution in [3.05, 3.63) is 54.1 Å². The molecule has 0 aliphatic rings. The summed E-state index contributed by atoms with van der Waals surface area (Å²) in [6, 6.07) is 10.4. The van der Waals surface area contributed by atoms with Crippen LogP contribution in [0.3, 0.4) is 0 Å². The molecule has 3 heteroatoms. The molecule has 0 radical (unpaired) electrons. The van der Waals surface area contributed by atoms with E-state index >= 15 is 0 Å². The summed E-state index contributed by atoms with van der Waals surface area (Å²) in [6.07, 6.45) is 1.73. The molecule has 2 rings (SSSR count). The zero-order valence-corrected chi connectivity index (χ0v) is 9.54. The van der Waals surface area contributed by atoms with Crippen molar-refractivity contribution in [2.45, 2.75) is 5.33 Å². The predicted octanol–water partition coefficient (Wildman–Crippen LogP) is 3.78. The highest BCUT2D eigenvalue weighted by Crippen LogP contribution is 2.20. The lowest BCUT2D eigenvalue weighted by Crippen LogP contribution is -1.86.